The maximum Gasteiger partial charge on any atom is 0.255 e. The molecule has 2 aromatic carbocycles. The van der Waals surface area contributed by atoms with Gasteiger partial charge in [-0.15, -0.1) is 0 Å². The van der Waals surface area contributed by atoms with Crippen molar-refractivity contribution in [3.8, 4) is 0 Å². The molecule has 2 aromatic rings. The summed E-state index contributed by atoms with van der Waals surface area (Å²) >= 11 is 0. The summed E-state index contributed by atoms with van der Waals surface area (Å²) in [5, 5.41) is 12.3. The van der Waals surface area contributed by atoms with E-state index >= 15 is 0 Å². The number of hydrogen-bond acceptors (Lipinski definition) is 6. The summed E-state index contributed by atoms with van der Waals surface area (Å²) in [4.78, 5) is 29.5. The van der Waals surface area contributed by atoms with E-state index in [2.05, 4.69) is 42.3 Å². The number of nitrogens with zero attached hydrogens (tertiary/aromatic N) is 2. The van der Waals surface area contributed by atoms with Gasteiger partial charge in [0.05, 0.1) is 16.4 Å². The molecule has 4 rings (SSSR count). The van der Waals surface area contributed by atoms with E-state index < -0.39 is 15.8 Å². The molecule has 2 saturated heterocycles. The molecule has 0 aromatic heterocycles. The van der Waals surface area contributed by atoms with Gasteiger partial charge in [-0.1, -0.05) is 23.8 Å². The number of rotatable bonds is 5. The molecule has 1 unspecified atom stereocenters. The second kappa shape index (κ2) is 9.38. The second-order valence-corrected chi connectivity index (χ2v) is 11.2. The minimum Gasteiger partial charge on any atom is -0.396 e. The van der Waals surface area contributed by atoms with Crippen LogP contribution in [0.15, 0.2) is 41.3 Å². The Morgan fingerprint density at radius 1 is 1.09 bits per heavy atom. The van der Waals surface area contributed by atoms with Gasteiger partial charge >= 0.3 is 0 Å². The topological polar surface area (TPSA) is 107 Å². The van der Waals surface area contributed by atoms with Crippen molar-refractivity contribution in [3.63, 3.8) is 0 Å². The lowest BCUT2D eigenvalue weighted by Crippen LogP contribution is -2.49. The van der Waals surface area contributed by atoms with E-state index in [1.807, 2.05) is 0 Å². The third-order valence-electron chi connectivity index (χ3n) is 6.78. The van der Waals surface area contributed by atoms with Crippen LogP contribution in [0, 0.1) is 19.8 Å². The Kier molecular flexibility index (Phi) is 6.69. The lowest BCUT2D eigenvalue weighted by molar-refractivity contribution is -0.120. The van der Waals surface area contributed by atoms with E-state index in [1.54, 1.807) is 11.0 Å². The molecule has 2 heterocycles. The highest BCUT2D eigenvalue weighted by atomic mass is 32.2. The zero-order valence-corrected chi connectivity index (χ0v) is 20.6. The maximum absolute atomic E-state index is 13.4. The van der Waals surface area contributed by atoms with Crippen LogP contribution in [0.25, 0.3) is 0 Å². The average molecular weight is 486 g/mol. The Balaban J connectivity index is 1.57. The molecule has 2 amide bonds. The zero-order chi connectivity index (χ0) is 24.6. The van der Waals surface area contributed by atoms with E-state index in [0.717, 1.165) is 11.9 Å². The summed E-state index contributed by atoms with van der Waals surface area (Å²) in [5.41, 5.74) is 4.14. The number of sulfone groups is 1. The quantitative estimate of drug-likeness (QED) is 0.665. The van der Waals surface area contributed by atoms with Crippen molar-refractivity contribution in [1.82, 2.24) is 10.2 Å². The van der Waals surface area contributed by atoms with Crippen molar-refractivity contribution >= 4 is 27.3 Å². The number of carbonyl (C=O) groups is 2. The third-order valence-corrected chi connectivity index (χ3v) is 7.92. The summed E-state index contributed by atoms with van der Waals surface area (Å²) < 4.78 is 25.2. The van der Waals surface area contributed by atoms with Gasteiger partial charge in [0.2, 0.25) is 5.91 Å². The molecule has 0 spiro atoms. The number of benzene rings is 2. The smallest absolute Gasteiger partial charge is 0.255 e. The molecular weight excluding hydrogens is 454 g/mol. The fourth-order valence-electron chi connectivity index (χ4n) is 4.96. The van der Waals surface area contributed by atoms with Crippen LogP contribution in [0.1, 0.15) is 33.0 Å². The molecular formula is C25H31N3O5S. The Morgan fingerprint density at radius 3 is 2.41 bits per heavy atom. The number of hydrogen-bond donors (Lipinski definition) is 2. The molecule has 0 saturated carbocycles. The first kappa shape index (κ1) is 24.2. The van der Waals surface area contributed by atoms with E-state index in [0.29, 0.717) is 38.3 Å². The highest BCUT2D eigenvalue weighted by molar-refractivity contribution is 7.90. The molecule has 182 valence electrons. The van der Waals surface area contributed by atoms with Crippen LogP contribution in [0.2, 0.25) is 0 Å². The van der Waals surface area contributed by atoms with Gasteiger partial charge in [-0.3, -0.25) is 9.59 Å². The van der Waals surface area contributed by atoms with Gasteiger partial charge < -0.3 is 20.2 Å². The van der Waals surface area contributed by atoms with E-state index in [-0.39, 0.29) is 34.8 Å². The minimum absolute atomic E-state index is 0.0804. The van der Waals surface area contributed by atoms with Crippen molar-refractivity contribution in [3.05, 3.63) is 58.7 Å². The fourth-order valence-corrected chi connectivity index (χ4v) is 5.87. The monoisotopic (exact) mass is 485 g/mol. The Hall–Kier alpha value is -2.91. The molecule has 9 heteroatoms. The summed E-state index contributed by atoms with van der Waals surface area (Å²) in [6.45, 7) is 6.55. The normalized spacial score (nSPS) is 21.0. The summed E-state index contributed by atoms with van der Waals surface area (Å²) in [5.74, 6) is -1.56. The van der Waals surface area contributed by atoms with Gasteiger partial charge in [0.1, 0.15) is 0 Å². The number of aliphatic hydroxyl groups excluding tert-OH is 1. The third kappa shape index (κ3) is 4.67. The first-order chi connectivity index (χ1) is 16.1. The molecule has 0 bridgehead atoms. The predicted molar refractivity (Wildman–Crippen MR) is 130 cm³/mol. The van der Waals surface area contributed by atoms with Crippen LogP contribution in [-0.4, -0.2) is 75.8 Å². The van der Waals surface area contributed by atoms with Crippen LogP contribution < -0.4 is 10.2 Å². The Morgan fingerprint density at radius 2 is 1.79 bits per heavy atom. The predicted octanol–water partition coefficient (Wildman–Crippen LogP) is 1.49. The number of amides is 2. The zero-order valence-electron chi connectivity index (χ0n) is 19.7. The van der Waals surface area contributed by atoms with E-state index in [1.165, 1.54) is 23.3 Å². The summed E-state index contributed by atoms with van der Waals surface area (Å²) in [6, 6.07) is 10.9. The molecule has 0 aliphatic carbocycles. The average Bonchev–Trinajstić information content (AvgIpc) is 3.18. The van der Waals surface area contributed by atoms with Gasteiger partial charge in [-0.05, 0) is 43.2 Å². The van der Waals surface area contributed by atoms with E-state index in [4.69, 9.17) is 0 Å². The van der Waals surface area contributed by atoms with Gasteiger partial charge in [0.25, 0.3) is 5.91 Å². The molecule has 2 fully saturated rings. The number of aryl methyl sites for hydroxylation is 2. The maximum atomic E-state index is 13.4. The molecule has 2 atom stereocenters. The summed E-state index contributed by atoms with van der Waals surface area (Å²) in [6.07, 6.45) is 1.07. The van der Waals surface area contributed by atoms with Crippen molar-refractivity contribution in [2.75, 3.05) is 50.5 Å². The molecule has 2 N–H and O–H groups in total. The van der Waals surface area contributed by atoms with Crippen molar-refractivity contribution in [1.29, 1.82) is 0 Å². The molecule has 2 aliphatic rings. The second-order valence-electron chi connectivity index (χ2n) is 9.26. The molecule has 8 nitrogen and oxygen atoms in total. The number of anilines is 1. The highest BCUT2D eigenvalue weighted by Gasteiger charge is 2.37. The van der Waals surface area contributed by atoms with Crippen LogP contribution in [0.3, 0.4) is 0 Å². The van der Waals surface area contributed by atoms with Crippen LogP contribution >= 0.6 is 0 Å². The minimum atomic E-state index is -3.73. The van der Waals surface area contributed by atoms with Gasteiger partial charge in [-0.25, -0.2) is 8.42 Å². The number of aliphatic hydroxyl groups is 1. The molecule has 34 heavy (non-hydrogen) atoms. The van der Waals surface area contributed by atoms with Crippen molar-refractivity contribution < 1.29 is 23.1 Å². The first-order valence-electron chi connectivity index (χ1n) is 11.4. The molecule has 2 aliphatic heterocycles. The van der Waals surface area contributed by atoms with E-state index in [9.17, 15) is 23.1 Å². The van der Waals surface area contributed by atoms with Crippen LogP contribution in [0.5, 0.6) is 0 Å². The Labute approximate surface area is 200 Å². The molecule has 0 radical (unpaired) electrons. The first-order valence-corrected chi connectivity index (χ1v) is 13.3. The number of carbonyl (C=O) groups excluding carboxylic acids is 2. The van der Waals surface area contributed by atoms with Crippen LogP contribution in [0.4, 0.5) is 5.69 Å². The van der Waals surface area contributed by atoms with Crippen molar-refractivity contribution in [2.24, 2.45) is 5.92 Å². The standard InChI is InChI=1S/C25H31N3O5S/c1-16-4-7-21(17(2)12-16)27-8-10-28(11-9-27)25(31)20-6-5-18(13-22(20)34(3,32)33)23-19(15-29)14-26-24(23)30/h4-7,12-13,19,23,29H,8-11,14-15H2,1-3H3,(H,26,30)/t19?,23-/m0/s1. The largest absolute Gasteiger partial charge is 0.396 e. The number of piperazine rings is 1. The Bertz CT molecular complexity index is 1220. The lowest BCUT2D eigenvalue weighted by Gasteiger charge is -2.37. The van der Waals surface area contributed by atoms with Crippen LogP contribution in [-0.2, 0) is 14.6 Å². The van der Waals surface area contributed by atoms with Crippen molar-refractivity contribution in [2.45, 2.75) is 24.7 Å². The van der Waals surface area contributed by atoms with Gasteiger partial charge in [0, 0.05) is 57.2 Å². The van der Waals surface area contributed by atoms with Gasteiger partial charge in [-0.2, -0.15) is 0 Å². The summed E-state index contributed by atoms with van der Waals surface area (Å²) in [7, 11) is -3.73. The highest BCUT2D eigenvalue weighted by Crippen LogP contribution is 2.32. The number of nitrogens with one attached hydrogen (secondary N) is 1. The fraction of sp³-hybridized carbons (Fsp3) is 0.440. The van der Waals surface area contributed by atoms with Gasteiger partial charge in [0.15, 0.2) is 9.84 Å². The lowest BCUT2D eigenvalue weighted by atomic mass is 9.88. The SMILES string of the molecule is Cc1ccc(N2CCN(C(=O)c3ccc([C@@H]4C(=O)NCC4CO)cc3S(C)(=O)=O)CC2)c(C)c1.